The molecule has 0 bridgehead atoms. The van der Waals surface area contributed by atoms with Gasteiger partial charge < -0.3 is 20.1 Å². The number of hydrogen-bond donors (Lipinski definition) is 2. The van der Waals surface area contributed by atoms with Gasteiger partial charge in [-0.2, -0.15) is 0 Å². The average Bonchev–Trinajstić information content (AvgIpc) is 3.83. The Morgan fingerprint density at radius 1 is 0.652 bits per heavy atom. The minimum atomic E-state index is -0.606. The van der Waals surface area contributed by atoms with Gasteiger partial charge in [-0.25, -0.2) is 19.4 Å². The summed E-state index contributed by atoms with van der Waals surface area (Å²) in [5, 5.41) is 5.43. The molecule has 46 heavy (non-hydrogen) atoms. The van der Waals surface area contributed by atoms with Crippen LogP contribution in [0.2, 0.25) is 0 Å². The molecule has 6 amide bonds. The van der Waals surface area contributed by atoms with Crippen molar-refractivity contribution in [3.63, 3.8) is 0 Å². The molecule has 0 aliphatic carbocycles. The van der Waals surface area contributed by atoms with E-state index >= 15 is 0 Å². The molecule has 4 heterocycles. The molecule has 12 nitrogen and oxygen atoms in total. The lowest BCUT2D eigenvalue weighted by Crippen LogP contribution is -2.45. The van der Waals surface area contributed by atoms with E-state index in [-0.39, 0.29) is 73.9 Å². The SMILES string of the molecule is CC[C@@H]1C(=O)NCC1C(=O)N1C(=O)OC[C@H]1Cc1ccccc1.CC[C@H]1C(=O)NC[C@@H]1C(=O)N1C(=O)OCC1Cc1ccccc1. The maximum Gasteiger partial charge on any atom is 0.416 e. The molecule has 4 aliphatic rings. The Hall–Kier alpha value is -4.74. The van der Waals surface area contributed by atoms with Gasteiger partial charge in [0.2, 0.25) is 23.6 Å². The fraction of sp³-hybridized carbons (Fsp3) is 0.471. The van der Waals surface area contributed by atoms with Crippen LogP contribution in [-0.4, -0.2) is 84.0 Å². The molecular formula is C34H40N4O8. The van der Waals surface area contributed by atoms with Crippen molar-refractivity contribution < 1.29 is 38.2 Å². The van der Waals surface area contributed by atoms with Crippen LogP contribution >= 0.6 is 0 Å². The summed E-state index contributed by atoms with van der Waals surface area (Å²) in [6, 6.07) is 18.7. The van der Waals surface area contributed by atoms with Crippen molar-refractivity contribution in [3.8, 4) is 0 Å². The number of hydrogen-bond acceptors (Lipinski definition) is 8. The first kappa shape index (κ1) is 32.6. The van der Waals surface area contributed by atoms with Crippen LogP contribution in [0, 0.1) is 23.7 Å². The quantitative estimate of drug-likeness (QED) is 0.451. The number of ether oxygens (including phenoxy) is 2. The van der Waals surface area contributed by atoms with Gasteiger partial charge in [0.15, 0.2) is 0 Å². The molecule has 2 unspecified atom stereocenters. The lowest BCUT2D eigenvalue weighted by molar-refractivity contribution is -0.136. The number of rotatable bonds is 8. The molecular weight excluding hydrogens is 592 g/mol. The second-order valence-corrected chi connectivity index (χ2v) is 12.0. The number of amides is 6. The number of cyclic esters (lactones) is 2. The fourth-order valence-electron chi connectivity index (χ4n) is 6.68. The van der Waals surface area contributed by atoms with Gasteiger partial charge in [0.25, 0.3) is 0 Å². The summed E-state index contributed by atoms with van der Waals surface area (Å²) in [6.45, 7) is 4.73. The van der Waals surface area contributed by atoms with E-state index in [2.05, 4.69) is 10.6 Å². The van der Waals surface area contributed by atoms with Crippen LogP contribution in [0.3, 0.4) is 0 Å². The van der Waals surface area contributed by atoms with E-state index in [4.69, 9.17) is 9.47 Å². The Bertz CT molecular complexity index is 1340. The minimum absolute atomic E-state index is 0.113. The van der Waals surface area contributed by atoms with E-state index in [1.807, 2.05) is 74.5 Å². The van der Waals surface area contributed by atoms with E-state index in [0.29, 0.717) is 25.7 Å². The summed E-state index contributed by atoms with van der Waals surface area (Å²) in [5.41, 5.74) is 2.09. The largest absolute Gasteiger partial charge is 0.447 e. The van der Waals surface area contributed by atoms with Crippen molar-refractivity contribution in [1.29, 1.82) is 0 Å². The highest BCUT2D eigenvalue weighted by molar-refractivity contribution is 5.99. The standard InChI is InChI=1S/2C17H20N2O4/c2*1-2-13-14(9-18-15(13)20)16(21)19-12(10-23-17(19)22)8-11-6-4-3-5-7-11/h2*3-7,12-14H,2,8-10H2,1H3,(H,18,20)/t12?,13-,14+;12-,13+,14?/m11/s1. The van der Waals surface area contributed by atoms with Gasteiger partial charge in [0.05, 0.1) is 35.8 Å². The normalized spacial score (nSPS) is 27.0. The molecule has 4 fully saturated rings. The highest BCUT2D eigenvalue weighted by Crippen LogP contribution is 2.29. The summed E-state index contributed by atoms with van der Waals surface area (Å²) < 4.78 is 10.2. The van der Waals surface area contributed by atoms with Gasteiger partial charge in [-0.3, -0.25) is 19.2 Å². The Morgan fingerprint density at radius 3 is 1.37 bits per heavy atom. The van der Waals surface area contributed by atoms with Crippen LogP contribution in [0.1, 0.15) is 37.8 Å². The monoisotopic (exact) mass is 632 g/mol. The van der Waals surface area contributed by atoms with Gasteiger partial charge in [-0.1, -0.05) is 74.5 Å². The van der Waals surface area contributed by atoms with Gasteiger partial charge in [0.1, 0.15) is 13.2 Å². The van der Waals surface area contributed by atoms with Crippen LogP contribution < -0.4 is 10.6 Å². The molecule has 2 aromatic carbocycles. The lowest BCUT2D eigenvalue weighted by Gasteiger charge is -2.24. The number of nitrogens with zero attached hydrogens (tertiary/aromatic N) is 2. The maximum absolute atomic E-state index is 12.8. The number of carbonyl (C=O) groups is 6. The second kappa shape index (κ2) is 14.6. The number of nitrogens with one attached hydrogen (secondary N) is 2. The zero-order valence-corrected chi connectivity index (χ0v) is 26.1. The molecule has 0 saturated carbocycles. The van der Waals surface area contributed by atoms with Crippen molar-refractivity contribution in [2.45, 2.75) is 51.6 Å². The average molecular weight is 633 g/mol. The Kier molecular flexibility index (Phi) is 10.3. The van der Waals surface area contributed by atoms with Crippen molar-refractivity contribution in [2.75, 3.05) is 26.3 Å². The topological polar surface area (TPSA) is 151 Å². The Balaban J connectivity index is 0.000000181. The van der Waals surface area contributed by atoms with E-state index < -0.39 is 24.0 Å². The van der Waals surface area contributed by atoms with Crippen molar-refractivity contribution in [3.05, 3.63) is 71.8 Å². The molecule has 244 valence electrons. The number of benzene rings is 2. The summed E-state index contributed by atoms with van der Waals surface area (Å²) in [7, 11) is 0. The molecule has 0 radical (unpaired) electrons. The van der Waals surface area contributed by atoms with Gasteiger partial charge in [0, 0.05) is 13.1 Å². The number of carbonyl (C=O) groups excluding carboxylic acids is 6. The number of imide groups is 2. The predicted octanol–water partition coefficient (Wildman–Crippen LogP) is 2.70. The molecule has 0 aromatic heterocycles. The van der Waals surface area contributed by atoms with Gasteiger partial charge in [-0.05, 0) is 36.8 Å². The molecule has 2 aromatic rings. The van der Waals surface area contributed by atoms with E-state index in [0.717, 1.165) is 11.1 Å². The van der Waals surface area contributed by atoms with Crippen LogP contribution in [0.5, 0.6) is 0 Å². The zero-order valence-electron chi connectivity index (χ0n) is 26.1. The zero-order chi connectivity index (χ0) is 32.8. The lowest BCUT2D eigenvalue weighted by atomic mass is 9.91. The highest BCUT2D eigenvalue weighted by atomic mass is 16.6. The highest BCUT2D eigenvalue weighted by Gasteiger charge is 2.47. The molecule has 6 rings (SSSR count). The van der Waals surface area contributed by atoms with E-state index in [1.165, 1.54) is 9.80 Å². The molecule has 0 spiro atoms. The molecule has 6 atom stereocenters. The summed E-state index contributed by atoms with van der Waals surface area (Å²) in [5.74, 6) is -2.55. The van der Waals surface area contributed by atoms with Gasteiger partial charge in [-0.15, -0.1) is 0 Å². The first-order chi connectivity index (χ1) is 22.2. The Morgan fingerprint density at radius 2 is 1.02 bits per heavy atom. The molecule has 4 aliphatic heterocycles. The summed E-state index contributed by atoms with van der Waals surface area (Å²) in [4.78, 5) is 75.7. The Labute approximate surface area is 267 Å². The van der Waals surface area contributed by atoms with E-state index in [9.17, 15) is 28.8 Å². The summed E-state index contributed by atoms with van der Waals surface area (Å²) in [6.07, 6.45) is 1.06. The third kappa shape index (κ3) is 6.90. The van der Waals surface area contributed by atoms with Crippen molar-refractivity contribution >= 4 is 35.8 Å². The van der Waals surface area contributed by atoms with Gasteiger partial charge >= 0.3 is 12.2 Å². The predicted molar refractivity (Wildman–Crippen MR) is 165 cm³/mol. The molecule has 12 heteroatoms. The van der Waals surface area contributed by atoms with Crippen LogP contribution in [0.15, 0.2) is 60.7 Å². The minimum Gasteiger partial charge on any atom is -0.447 e. The molecule has 2 N–H and O–H groups in total. The van der Waals surface area contributed by atoms with E-state index in [1.54, 1.807) is 0 Å². The third-order valence-corrected chi connectivity index (χ3v) is 9.18. The van der Waals surface area contributed by atoms with Crippen molar-refractivity contribution in [2.24, 2.45) is 23.7 Å². The molecule has 4 saturated heterocycles. The van der Waals surface area contributed by atoms with Crippen LogP contribution in [0.4, 0.5) is 9.59 Å². The van der Waals surface area contributed by atoms with Crippen molar-refractivity contribution in [1.82, 2.24) is 20.4 Å². The van der Waals surface area contributed by atoms with Crippen LogP contribution in [-0.2, 0) is 41.5 Å². The second-order valence-electron chi connectivity index (χ2n) is 12.0. The smallest absolute Gasteiger partial charge is 0.416 e. The third-order valence-electron chi connectivity index (χ3n) is 9.18. The fourth-order valence-corrected chi connectivity index (χ4v) is 6.68. The first-order valence-corrected chi connectivity index (χ1v) is 15.9. The van der Waals surface area contributed by atoms with Crippen LogP contribution in [0.25, 0.3) is 0 Å². The maximum atomic E-state index is 12.8. The first-order valence-electron chi connectivity index (χ1n) is 15.9. The summed E-state index contributed by atoms with van der Waals surface area (Å²) >= 11 is 0.